The molecule has 4 nitrogen and oxygen atoms in total. The first-order valence-electron chi connectivity index (χ1n) is 9.23. The Morgan fingerprint density at radius 1 is 1.12 bits per heavy atom. The average Bonchev–Trinajstić information content (AvgIpc) is 2.92. The van der Waals surface area contributed by atoms with Crippen LogP contribution in [0.25, 0.3) is 10.9 Å². The molecule has 1 aromatic carbocycles. The molecule has 0 saturated heterocycles. The maximum Gasteiger partial charge on any atom is 0.231 e. The van der Waals surface area contributed by atoms with Gasteiger partial charge in [0.2, 0.25) is 5.91 Å². The van der Waals surface area contributed by atoms with Crippen LogP contribution in [0.3, 0.4) is 0 Å². The van der Waals surface area contributed by atoms with Gasteiger partial charge in [-0.05, 0) is 43.1 Å². The van der Waals surface area contributed by atoms with Gasteiger partial charge < -0.3 is 10.8 Å². The van der Waals surface area contributed by atoms with Crippen LogP contribution in [0.4, 0.5) is 0 Å². The van der Waals surface area contributed by atoms with E-state index in [1.807, 2.05) is 12.3 Å². The molecule has 24 heavy (non-hydrogen) atoms. The number of unbranched alkanes of at least 4 members (excludes halogenated alkanes) is 6. The summed E-state index contributed by atoms with van der Waals surface area (Å²) in [7, 11) is 0. The van der Waals surface area contributed by atoms with Crippen molar-refractivity contribution in [3.05, 3.63) is 30.0 Å². The molecule has 0 amide bonds. The normalized spacial score (nSPS) is 11.2. The lowest BCUT2D eigenvalue weighted by molar-refractivity contribution is 0.0904. The average molecular weight is 330 g/mol. The minimum absolute atomic E-state index is 0.127. The van der Waals surface area contributed by atoms with E-state index < -0.39 is 0 Å². The van der Waals surface area contributed by atoms with Crippen molar-refractivity contribution in [2.24, 2.45) is 5.73 Å². The maximum absolute atomic E-state index is 12.6. The lowest BCUT2D eigenvalue weighted by atomic mass is 10.1. The minimum Gasteiger partial charge on any atom is -0.508 e. The Balaban J connectivity index is 1.96. The van der Waals surface area contributed by atoms with Crippen molar-refractivity contribution in [2.75, 3.05) is 6.54 Å². The Labute approximate surface area is 144 Å². The van der Waals surface area contributed by atoms with Crippen molar-refractivity contribution in [3.8, 4) is 5.75 Å². The van der Waals surface area contributed by atoms with Crippen LogP contribution in [-0.2, 0) is 6.42 Å². The van der Waals surface area contributed by atoms with Gasteiger partial charge in [-0.25, -0.2) is 0 Å². The number of phenolic OH excluding ortho intramolecular Hbond substituents is 1. The lowest BCUT2D eigenvalue weighted by Crippen LogP contribution is -2.09. The van der Waals surface area contributed by atoms with Crippen LogP contribution in [-0.4, -0.2) is 22.1 Å². The van der Waals surface area contributed by atoms with Crippen molar-refractivity contribution < 1.29 is 9.90 Å². The third-order valence-electron chi connectivity index (χ3n) is 4.55. The molecule has 2 rings (SSSR count). The maximum atomic E-state index is 12.6. The van der Waals surface area contributed by atoms with Crippen molar-refractivity contribution in [1.82, 2.24) is 4.57 Å². The Hall–Kier alpha value is -1.81. The first kappa shape index (κ1) is 18.5. The smallest absolute Gasteiger partial charge is 0.231 e. The van der Waals surface area contributed by atoms with Crippen LogP contribution in [0.15, 0.2) is 24.4 Å². The molecule has 1 heterocycles. The highest BCUT2D eigenvalue weighted by atomic mass is 16.3. The fraction of sp³-hybridized carbons (Fsp3) is 0.550. The summed E-state index contributed by atoms with van der Waals surface area (Å²) in [5.74, 6) is 0.348. The number of phenols is 1. The highest BCUT2D eigenvalue weighted by molar-refractivity contribution is 5.95. The van der Waals surface area contributed by atoms with Crippen molar-refractivity contribution >= 4 is 16.8 Å². The number of nitrogens with two attached hydrogens (primary N) is 1. The zero-order valence-corrected chi connectivity index (χ0v) is 14.8. The van der Waals surface area contributed by atoms with Crippen LogP contribution in [0.5, 0.6) is 5.75 Å². The SMILES string of the molecule is CCCCCCCCCC(=O)n1cc(CCN)c2cc(O)ccc21. The third kappa shape index (κ3) is 4.84. The predicted octanol–water partition coefficient (Wildman–Crippen LogP) is 4.63. The van der Waals surface area contributed by atoms with Gasteiger partial charge in [0, 0.05) is 18.0 Å². The van der Waals surface area contributed by atoms with Crippen molar-refractivity contribution in [1.29, 1.82) is 0 Å². The van der Waals surface area contributed by atoms with Gasteiger partial charge in [-0.2, -0.15) is 0 Å². The molecule has 0 fully saturated rings. The van der Waals surface area contributed by atoms with E-state index in [2.05, 4.69) is 6.92 Å². The van der Waals surface area contributed by atoms with E-state index in [-0.39, 0.29) is 11.7 Å². The van der Waals surface area contributed by atoms with Gasteiger partial charge in [-0.3, -0.25) is 9.36 Å². The second-order valence-electron chi connectivity index (χ2n) is 6.53. The summed E-state index contributed by atoms with van der Waals surface area (Å²) >= 11 is 0. The number of carbonyl (C=O) groups excluding carboxylic acids is 1. The minimum atomic E-state index is 0.127. The second-order valence-corrected chi connectivity index (χ2v) is 6.53. The van der Waals surface area contributed by atoms with E-state index in [1.54, 1.807) is 16.7 Å². The Morgan fingerprint density at radius 2 is 1.83 bits per heavy atom. The molecule has 0 saturated carbocycles. The molecule has 0 atom stereocenters. The second kappa shape index (κ2) is 9.48. The molecule has 0 aliphatic rings. The summed E-state index contributed by atoms with van der Waals surface area (Å²) in [6.45, 7) is 2.75. The van der Waals surface area contributed by atoms with E-state index >= 15 is 0 Å². The van der Waals surface area contributed by atoms with E-state index in [0.29, 0.717) is 19.4 Å². The number of carbonyl (C=O) groups is 1. The molecule has 0 spiro atoms. The molecule has 0 bridgehead atoms. The number of hydrogen-bond acceptors (Lipinski definition) is 3. The standard InChI is InChI=1S/C20H30N2O2/c1-2-3-4-5-6-7-8-9-20(24)22-15-16(12-13-21)18-14-17(23)10-11-19(18)22/h10-11,14-15,23H,2-9,12-13,21H2,1H3. The van der Waals surface area contributed by atoms with Gasteiger partial charge in [-0.1, -0.05) is 45.4 Å². The van der Waals surface area contributed by atoms with Gasteiger partial charge in [0.15, 0.2) is 0 Å². The van der Waals surface area contributed by atoms with E-state index in [0.717, 1.165) is 29.3 Å². The van der Waals surface area contributed by atoms with Crippen LogP contribution in [0.1, 0.15) is 68.6 Å². The fourth-order valence-corrected chi connectivity index (χ4v) is 3.20. The van der Waals surface area contributed by atoms with Crippen LogP contribution in [0.2, 0.25) is 0 Å². The Morgan fingerprint density at radius 3 is 2.54 bits per heavy atom. The number of fused-ring (bicyclic) bond motifs is 1. The molecule has 0 aliphatic carbocycles. The van der Waals surface area contributed by atoms with Gasteiger partial charge in [0.1, 0.15) is 5.75 Å². The predicted molar refractivity (Wildman–Crippen MR) is 99.6 cm³/mol. The Kier molecular flexibility index (Phi) is 7.32. The van der Waals surface area contributed by atoms with E-state index in [4.69, 9.17) is 5.73 Å². The molecule has 4 heteroatoms. The molecule has 1 aromatic heterocycles. The number of benzene rings is 1. The molecule has 2 aromatic rings. The fourth-order valence-electron chi connectivity index (χ4n) is 3.20. The van der Waals surface area contributed by atoms with Crippen molar-refractivity contribution in [2.45, 2.75) is 64.7 Å². The Bertz CT molecular complexity index is 661. The van der Waals surface area contributed by atoms with Crippen molar-refractivity contribution in [3.63, 3.8) is 0 Å². The molecule has 3 N–H and O–H groups in total. The van der Waals surface area contributed by atoms with E-state index in [1.165, 1.54) is 32.1 Å². The lowest BCUT2D eigenvalue weighted by Gasteiger charge is -2.05. The molecular formula is C20H30N2O2. The number of aromatic hydroxyl groups is 1. The van der Waals surface area contributed by atoms with Crippen LogP contribution in [0, 0.1) is 0 Å². The largest absolute Gasteiger partial charge is 0.508 e. The van der Waals surface area contributed by atoms with Gasteiger partial charge in [0.25, 0.3) is 0 Å². The number of aromatic nitrogens is 1. The summed E-state index contributed by atoms with van der Waals surface area (Å²) in [4.78, 5) is 12.6. The number of hydrogen-bond donors (Lipinski definition) is 2. The number of nitrogens with zero attached hydrogens (tertiary/aromatic N) is 1. The summed E-state index contributed by atoms with van der Waals surface area (Å²) in [6, 6.07) is 5.16. The monoisotopic (exact) mass is 330 g/mol. The summed E-state index contributed by atoms with van der Waals surface area (Å²) < 4.78 is 1.73. The molecule has 132 valence electrons. The molecule has 0 aliphatic heterocycles. The van der Waals surface area contributed by atoms with Gasteiger partial charge in [0.05, 0.1) is 5.52 Å². The molecular weight excluding hydrogens is 300 g/mol. The number of rotatable bonds is 10. The summed E-state index contributed by atoms with van der Waals surface area (Å²) in [5.41, 5.74) is 7.56. The highest BCUT2D eigenvalue weighted by Gasteiger charge is 2.13. The third-order valence-corrected chi connectivity index (χ3v) is 4.55. The summed E-state index contributed by atoms with van der Waals surface area (Å²) in [5, 5.41) is 10.6. The van der Waals surface area contributed by atoms with Gasteiger partial charge in [-0.15, -0.1) is 0 Å². The zero-order valence-electron chi connectivity index (χ0n) is 14.8. The van der Waals surface area contributed by atoms with E-state index in [9.17, 15) is 9.90 Å². The zero-order chi connectivity index (χ0) is 17.4. The summed E-state index contributed by atoms with van der Waals surface area (Å²) in [6.07, 6.45) is 11.6. The topological polar surface area (TPSA) is 68.2 Å². The molecule has 0 radical (unpaired) electrons. The highest BCUT2D eigenvalue weighted by Crippen LogP contribution is 2.26. The molecule has 0 unspecified atom stereocenters. The first-order valence-corrected chi connectivity index (χ1v) is 9.23. The quantitative estimate of drug-likeness (QED) is 0.624. The van der Waals surface area contributed by atoms with Gasteiger partial charge >= 0.3 is 0 Å². The van der Waals surface area contributed by atoms with Crippen LogP contribution < -0.4 is 5.73 Å². The van der Waals surface area contributed by atoms with Crippen LogP contribution >= 0.6 is 0 Å². The first-order chi connectivity index (χ1) is 11.7.